The van der Waals surface area contributed by atoms with E-state index in [9.17, 15) is 19.2 Å². The van der Waals surface area contributed by atoms with Crippen molar-refractivity contribution >= 4 is 23.5 Å². The number of ketones is 2. The summed E-state index contributed by atoms with van der Waals surface area (Å²) in [6, 6.07) is 17.6. The van der Waals surface area contributed by atoms with Crippen LogP contribution in [0.4, 0.5) is 0 Å². The predicted octanol–water partition coefficient (Wildman–Crippen LogP) is 4.96. The van der Waals surface area contributed by atoms with Gasteiger partial charge in [0.15, 0.2) is 23.8 Å². The second-order valence-corrected chi connectivity index (χ2v) is 10.5. The van der Waals surface area contributed by atoms with Gasteiger partial charge in [-0.2, -0.15) is 0 Å². The van der Waals surface area contributed by atoms with Crippen LogP contribution in [0.1, 0.15) is 54.4 Å². The molecule has 0 N–H and O–H groups in total. The number of benzene rings is 2. The van der Waals surface area contributed by atoms with Crippen molar-refractivity contribution in [3.63, 3.8) is 0 Å². The molecule has 2 atom stereocenters. The summed E-state index contributed by atoms with van der Waals surface area (Å²) in [5.74, 6) is -2.13. The highest BCUT2D eigenvalue weighted by Gasteiger charge is 2.37. The molecular formula is C28H34O7. The second kappa shape index (κ2) is 11.8. The summed E-state index contributed by atoms with van der Waals surface area (Å²) >= 11 is 0. The molecule has 0 fully saturated rings. The molecule has 2 aromatic carbocycles. The summed E-state index contributed by atoms with van der Waals surface area (Å²) in [4.78, 5) is 50.3. The molecule has 0 saturated carbocycles. The van der Waals surface area contributed by atoms with Crippen LogP contribution >= 0.6 is 0 Å². The fourth-order valence-electron chi connectivity index (χ4n) is 3.39. The Labute approximate surface area is 206 Å². The number of esters is 2. The van der Waals surface area contributed by atoms with Crippen LogP contribution in [-0.4, -0.2) is 35.7 Å². The van der Waals surface area contributed by atoms with Crippen LogP contribution in [-0.2, 0) is 23.9 Å². The zero-order chi connectivity index (χ0) is 26.2. The molecule has 7 heteroatoms. The highest BCUT2D eigenvalue weighted by atomic mass is 16.6. The molecule has 0 radical (unpaired) electrons. The van der Waals surface area contributed by atoms with E-state index >= 15 is 0 Å². The third-order valence-corrected chi connectivity index (χ3v) is 5.02. The Hall–Kier alpha value is -3.48. The molecule has 0 saturated heterocycles. The largest absolute Gasteiger partial charge is 0.482 e. The number of carbonyl (C=O) groups excluding carboxylic acids is 4. The molecule has 188 valence electrons. The fraction of sp³-hybridized carbons (Fsp3) is 0.429. The molecule has 7 nitrogen and oxygen atoms in total. The van der Waals surface area contributed by atoms with Gasteiger partial charge in [-0.05, 0) is 24.3 Å². The van der Waals surface area contributed by atoms with Crippen LogP contribution in [0, 0.1) is 10.8 Å². The summed E-state index contributed by atoms with van der Waals surface area (Å²) in [5, 5.41) is 0. The minimum absolute atomic E-state index is 0.488. The van der Waals surface area contributed by atoms with Crippen LogP contribution in [0.5, 0.6) is 11.5 Å². The number of hydrogen-bond donors (Lipinski definition) is 0. The molecular weight excluding hydrogens is 448 g/mol. The lowest BCUT2D eigenvalue weighted by Gasteiger charge is -2.30. The van der Waals surface area contributed by atoms with Gasteiger partial charge >= 0.3 is 11.9 Å². The maximum Gasteiger partial charge on any atom is 0.321 e. The van der Waals surface area contributed by atoms with E-state index in [0.717, 1.165) is 0 Å². The SMILES string of the molecule is CC(C)(C)C(Oc1ccccc1)C(=O)CC(=O)OC(=O)CC(=O)C(Oc1ccccc1)C(C)(C)C. The lowest BCUT2D eigenvalue weighted by molar-refractivity contribution is -0.161. The summed E-state index contributed by atoms with van der Waals surface area (Å²) in [6.45, 7) is 10.9. The molecule has 0 spiro atoms. The number of para-hydroxylation sites is 2. The van der Waals surface area contributed by atoms with Crippen molar-refractivity contribution in [1.82, 2.24) is 0 Å². The standard InChI is InChI=1S/C28H34O7/c1-27(2,3)25(33-19-13-9-7-10-14-19)21(29)17-23(31)35-24(32)18-22(30)26(28(4,5)6)34-20-15-11-8-12-16-20/h7-16,25-26H,17-18H2,1-6H3. The van der Waals surface area contributed by atoms with Gasteiger partial charge in [-0.25, -0.2) is 0 Å². The number of carbonyl (C=O) groups is 4. The summed E-state index contributed by atoms with van der Waals surface area (Å²) in [7, 11) is 0. The molecule has 2 aromatic rings. The zero-order valence-corrected chi connectivity index (χ0v) is 21.2. The van der Waals surface area contributed by atoms with Gasteiger partial charge in [-0.1, -0.05) is 77.9 Å². The van der Waals surface area contributed by atoms with Gasteiger partial charge in [0, 0.05) is 10.8 Å². The van der Waals surface area contributed by atoms with Crippen LogP contribution < -0.4 is 9.47 Å². The third kappa shape index (κ3) is 9.00. The first-order valence-corrected chi connectivity index (χ1v) is 11.5. The molecule has 35 heavy (non-hydrogen) atoms. The Bertz CT molecular complexity index is 931. The Kier molecular flexibility index (Phi) is 9.34. The summed E-state index contributed by atoms with van der Waals surface area (Å²) < 4.78 is 16.4. The quantitative estimate of drug-likeness (QED) is 0.349. The van der Waals surface area contributed by atoms with E-state index in [-0.39, 0.29) is 0 Å². The number of rotatable bonds is 10. The lowest BCUT2D eigenvalue weighted by atomic mass is 9.85. The number of ether oxygens (including phenoxy) is 3. The van der Waals surface area contributed by atoms with E-state index in [1.54, 1.807) is 48.5 Å². The van der Waals surface area contributed by atoms with Gasteiger partial charge in [-0.3, -0.25) is 19.2 Å². The average Bonchev–Trinajstić information content (AvgIpc) is 2.75. The predicted molar refractivity (Wildman–Crippen MR) is 131 cm³/mol. The van der Waals surface area contributed by atoms with E-state index in [2.05, 4.69) is 0 Å². The average molecular weight is 483 g/mol. The molecule has 0 aliphatic carbocycles. The molecule has 0 aromatic heterocycles. The Morgan fingerprint density at radius 1 is 0.600 bits per heavy atom. The van der Waals surface area contributed by atoms with Crippen molar-refractivity contribution < 1.29 is 33.4 Å². The van der Waals surface area contributed by atoms with Gasteiger partial charge in [0.25, 0.3) is 0 Å². The minimum atomic E-state index is -1.03. The van der Waals surface area contributed by atoms with E-state index < -0.39 is 59.4 Å². The van der Waals surface area contributed by atoms with Gasteiger partial charge in [0.1, 0.15) is 24.3 Å². The molecule has 0 aliphatic heterocycles. The molecule has 2 rings (SSSR count). The highest BCUT2D eigenvalue weighted by molar-refractivity contribution is 6.05. The highest BCUT2D eigenvalue weighted by Crippen LogP contribution is 2.28. The minimum Gasteiger partial charge on any atom is -0.482 e. The van der Waals surface area contributed by atoms with Crippen LogP contribution in [0.25, 0.3) is 0 Å². The van der Waals surface area contributed by atoms with Crippen molar-refractivity contribution in [2.75, 3.05) is 0 Å². The topological polar surface area (TPSA) is 96.0 Å². The van der Waals surface area contributed by atoms with E-state index in [1.165, 1.54) is 0 Å². The zero-order valence-electron chi connectivity index (χ0n) is 21.2. The Morgan fingerprint density at radius 2 is 0.914 bits per heavy atom. The van der Waals surface area contributed by atoms with Gasteiger partial charge in [-0.15, -0.1) is 0 Å². The smallest absolute Gasteiger partial charge is 0.321 e. The van der Waals surface area contributed by atoms with Gasteiger partial charge in [0.05, 0.1) is 0 Å². The van der Waals surface area contributed by atoms with Crippen molar-refractivity contribution in [2.24, 2.45) is 10.8 Å². The third-order valence-electron chi connectivity index (χ3n) is 5.02. The molecule has 0 aliphatic rings. The monoisotopic (exact) mass is 482 g/mol. The van der Waals surface area contributed by atoms with Crippen molar-refractivity contribution in [3.05, 3.63) is 60.7 Å². The normalized spacial score (nSPS) is 13.3. The van der Waals surface area contributed by atoms with Crippen molar-refractivity contribution in [3.8, 4) is 11.5 Å². The Balaban J connectivity index is 1.98. The number of Topliss-reactive ketones (excluding diaryl/α,β-unsaturated/α-hetero) is 2. The van der Waals surface area contributed by atoms with Gasteiger partial charge < -0.3 is 14.2 Å². The maximum absolute atomic E-state index is 12.8. The van der Waals surface area contributed by atoms with Crippen molar-refractivity contribution in [1.29, 1.82) is 0 Å². The van der Waals surface area contributed by atoms with E-state index in [0.29, 0.717) is 11.5 Å². The molecule has 0 bridgehead atoms. The molecule has 2 unspecified atom stereocenters. The summed E-state index contributed by atoms with van der Waals surface area (Å²) in [6.07, 6.45) is -3.17. The van der Waals surface area contributed by atoms with Crippen LogP contribution in [0.15, 0.2) is 60.7 Å². The second-order valence-electron chi connectivity index (χ2n) is 10.5. The van der Waals surface area contributed by atoms with Crippen molar-refractivity contribution in [2.45, 2.75) is 66.6 Å². The molecule has 0 heterocycles. The van der Waals surface area contributed by atoms with Gasteiger partial charge in [0.2, 0.25) is 0 Å². The van der Waals surface area contributed by atoms with E-state index in [1.807, 2.05) is 53.7 Å². The Morgan fingerprint density at radius 3 is 1.20 bits per heavy atom. The summed E-state index contributed by atoms with van der Waals surface area (Å²) in [5.41, 5.74) is -1.22. The first kappa shape index (κ1) is 27.8. The fourth-order valence-corrected chi connectivity index (χ4v) is 3.39. The van der Waals surface area contributed by atoms with Crippen LogP contribution in [0.2, 0.25) is 0 Å². The first-order chi connectivity index (χ1) is 16.3. The maximum atomic E-state index is 12.8. The lowest BCUT2D eigenvalue weighted by Crippen LogP contribution is -2.41. The van der Waals surface area contributed by atoms with E-state index in [4.69, 9.17) is 14.2 Å². The first-order valence-electron chi connectivity index (χ1n) is 11.5. The molecule has 0 amide bonds. The van der Waals surface area contributed by atoms with Crippen LogP contribution in [0.3, 0.4) is 0 Å². The number of hydrogen-bond acceptors (Lipinski definition) is 7.